The van der Waals surface area contributed by atoms with Crippen LogP contribution in [0.5, 0.6) is 0 Å². The van der Waals surface area contributed by atoms with Crippen LogP contribution in [-0.2, 0) is 0 Å². The summed E-state index contributed by atoms with van der Waals surface area (Å²) in [6.07, 6.45) is 0. The minimum absolute atomic E-state index is 0.575. The predicted molar refractivity (Wildman–Crippen MR) is 248 cm³/mol. The summed E-state index contributed by atoms with van der Waals surface area (Å²) in [5.74, 6) is 1.80. The molecule has 60 heavy (non-hydrogen) atoms. The maximum absolute atomic E-state index is 6.78. The molecule has 0 saturated heterocycles. The molecule has 5 heteroatoms. The van der Waals surface area contributed by atoms with Crippen molar-refractivity contribution in [3.63, 3.8) is 0 Å². The molecule has 0 atom stereocenters. The fourth-order valence-corrected chi connectivity index (χ4v) is 9.39. The third kappa shape index (κ3) is 4.96. The van der Waals surface area contributed by atoms with Gasteiger partial charge in [0, 0.05) is 44.3 Å². The van der Waals surface area contributed by atoms with Gasteiger partial charge in [-0.2, -0.15) is 0 Å². The molecular formula is C55H32N4O. The van der Waals surface area contributed by atoms with Gasteiger partial charge in [0.2, 0.25) is 0 Å². The Hall–Kier alpha value is -8.15. The highest BCUT2D eigenvalue weighted by Crippen LogP contribution is 2.43. The largest absolute Gasteiger partial charge is 0.456 e. The van der Waals surface area contributed by atoms with Gasteiger partial charge < -0.3 is 8.98 Å². The molecule has 3 aromatic heterocycles. The first kappa shape index (κ1) is 32.9. The molecule has 0 aliphatic heterocycles. The van der Waals surface area contributed by atoms with E-state index in [0.717, 1.165) is 76.9 Å². The van der Waals surface area contributed by atoms with E-state index in [1.54, 1.807) is 0 Å². The molecule has 0 amide bonds. The monoisotopic (exact) mass is 764 g/mol. The van der Waals surface area contributed by atoms with Crippen LogP contribution in [0.25, 0.3) is 127 Å². The summed E-state index contributed by atoms with van der Waals surface area (Å²) in [6, 6.07) is 68.7. The molecule has 0 radical (unpaired) electrons. The van der Waals surface area contributed by atoms with Crippen LogP contribution in [0.1, 0.15) is 0 Å². The third-order valence-electron chi connectivity index (χ3n) is 12.2. The highest BCUT2D eigenvalue weighted by molar-refractivity contribution is 6.18. The van der Waals surface area contributed by atoms with Crippen LogP contribution in [0.4, 0.5) is 0 Å². The zero-order valence-corrected chi connectivity index (χ0v) is 32.2. The van der Waals surface area contributed by atoms with Crippen LogP contribution in [0.3, 0.4) is 0 Å². The van der Waals surface area contributed by atoms with Gasteiger partial charge in [0.15, 0.2) is 17.5 Å². The lowest BCUT2D eigenvalue weighted by Gasteiger charge is -2.14. The van der Waals surface area contributed by atoms with Crippen molar-refractivity contribution in [3.8, 4) is 39.9 Å². The molecule has 0 bridgehead atoms. The molecule has 0 spiro atoms. The fraction of sp³-hybridized carbons (Fsp3) is 0. The number of nitrogens with zero attached hydrogens (tertiary/aromatic N) is 4. The number of aromatic nitrogens is 4. The van der Waals surface area contributed by atoms with Crippen LogP contribution in [0, 0.1) is 0 Å². The van der Waals surface area contributed by atoms with Crippen molar-refractivity contribution >= 4 is 86.8 Å². The van der Waals surface area contributed by atoms with Gasteiger partial charge in [0.25, 0.3) is 0 Å². The summed E-state index contributed by atoms with van der Waals surface area (Å²) in [5.41, 5.74) is 7.53. The Balaban J connectivity index is 1.16. The van der Waals surface area contributed by atoms with E-state index in [2.05, 4.69) is 187 Å². The van der Waals surface area contributed by atoms with E-state index >= 15 is 0 Å². The first-order valence-electron chi connectivity index (χ1n) is 20.3. The number of furan rings is 1. The van der Waals surface area contributed by atoms with Gasteiger partial charge in [-0.05, 0) is 79.5 Å². The molecule has 3 heterocycles. The quantitative estimate of drug-likeness (QED) is 0.179. The van der Waals surface area contributed by atoms with Gasteiger partial charge in [-0.15, -0.1) is 0 Å². The average molecular weight is 765 g/mol. The Bertz CT molecular complexity index is 3710. The molecule has 0 fully saturated rings. The second-order valence-corrected chi connectivity index (χ2v) is 15.6. The van der Waals surface area contributed by atoms with Crippen LogP contribution in [0.2, 0.25) is 0 Å². The summed E-state index contributed by atoms with van der Waals surface area (Å²) in [5, 5.41) is 13.5. The molecule has 0 saturated carbocycles. The zero-order valence-electron chi connectivity index (χ0n) is 32.2. The van der Waals surface area contributed by atoms with Crippen LogP contribution in [0.15, 0.2) is 199 Å². The molecule has 278 valence electrons. The number of rotatable bonds is 4. The molecular weight excluding hydrogens is 733 g/mol. The molecule has 10 aromatic carbocycles. The van der Waals surface area contributed by atoms with E-state index in [-0.39, 0.29) is 0 Å². The molecule has 0 aliphatic rings. The maximum atomic E-state index is 6.78. The van der Waals surface area contributed by atoms with Gasteiger partial charge >= 0.3 is 0 Å². The standard InChI is InChI=1S/C55H32N4O/c1-3-17-37-29-48-45(27-35(37)15-1)46-28-36-16-2-4-18-38(36)30-49(46)59(48)39-31-47(52-44-23-9-10-26-50(44)60-51(52)32-39)55-57-53(42-24-11-19-33-13-5-7-21-40(33)42)56-54(58-55)43-25-12-20-34-14-6-8-22-41(34)43/h1-32H. The highest BCUT2D eigenvalue weighted by Gasteiger charge is 2.23. The van der Waals surface area contributed by atoms with Crippen molar-refractivity contribution in [1.29, 1.82) is 0 Å². The summed E-state index contributed by atoms with van der Waals surface area (Å²) in [7, 11) is 0. The summed E-state index contributed by atoms with van der Waals surface area (Å²) in [6.45, 7) is 0. The van der Waals surface area contributed by atoms with Crippen LogP contribution < -0.4 is 0 Å². The predicted octanol–water partition coefficient (Wildman–Crippen LogP) is 14.5. The Morgan fingerprint density at radius 2 is 0.750 bits per heavy atom. The smallest absolute Gasteiger partial charge is 0.164 e. The van der Waals surface area contributed by atoms with Gasteiger partial charge in [-0.25, -0.2) is 15.0 Å². The molecule has 5 nitrogen and oxygen atoms in total. The van der Waals surface area contributed by atoms with Crippen molar-refractivity contribution in [2.75, 3.05) is 0 Å². The Morgan fingerprint density at radius 1 is 0.317 bits per heavy atom. The zero-order chi connectivity index (χ0) is 39.3. The fourth-order valence-electron chi connectivity index (χ4n) is 9.39. The number of hydrogen-bond acceptors (Lipinski definition) is 4. The SMILES string of the molecule is c1ccc2cc3c(cc2c1)c1cc2ccccc2cc1n3-c1cc(-c2nc(-c3cccc4ccccc34)nc(-c3cccc4ccccc34)n2)c2c(c1)oc1ccccc12. The first-order chi connectivity index (χ1) is 29.7. The Labute approximate surface area is 343 Å². The van der Waals surface area contributed by atoms with Crippen molar-refractivity contribution in [1.82, 2.24) is 19.5 Å². The van der Waals surface area contributed by atoms with E-state index in [1.807, 2.05) is 12.1 Å². The molecule has 0 N–H and O–H groups in total. The Kier molecular flexibility index (Phi) is 6.95. The molecule has 0 unspecified atom stereocenters. The van der Waals surface area contributed by atoms with Crippen molar-refractivity contribution in [3.05, 3.63) is 194 Å². The lowest BCUT2D eigenvalue weighted by atomic mass is 10.0. The topological polar surface area (TPSA) is 56.7 Å². The minimum Gasteiger partial charge on any atom is -0.456 e. The number of para-hydroxylation sites is 1. The second kappa shape index (κ2) is 12.7. The van der Waals surface area contributed by atoms with Crippen molar-refractivity contribution in [2.45, 2.75) is 0 Å². The van der Waals surface area contributed by atoms with Gasteiger partial charge in [-0.1, -0.05) is 152 Å². The average Bonchev–Trinajstić information content (AvgIpc) is 3.83. The summed E-state index contributed by atoms with van der Waals surface area (Å²) in [4.78, 5) is 16.1. The normalized spacial score (nSPS) is 12.0. The van der Waals surface area contributed by atoms with Gasteiger partial charge in [0.05, 0.1) is 16.7 Å². The van der Waals surface area contributed by atoms with Gasteiger partial charge in [0.1, 0.15) is 11.2 Å². The third-order valence-corrected chi connectivity index (χ3v) is 12.2. The minimum atomic E-state index is 0.575. The second-order valence-electron chi connectivity index (χ2n) is 15.6. The van der Waals surface area contributed by atoms with Crippen molar-refractivity contribution in [2.24, 2.45) is 0 Å². The number of benzene rings is 10. The molecule has 13 rings (SSSR count). The molecule has 0 aliphatic carbocycles. The van der Waals surface area contributed by atoms with E-state index in [0.29, 0.717) is 17.5 Å². The maximum Gasteiger partial charge on any atom is 0.164 e. The highest BCUT2D eigenvalue weighted by atomic mass is 16.3. The van der Waals surface area contributed by atoms with E-state index in [1.165, 1.54) is 32.3 Å². The summed E-state index contributed by atoms with van der Waals surface area (Å²) < 4.78 is 9.17. The first-order valence-corrected chi connectivity index (χ1v) is 20.3. The van der Waals surface area contributed by atoms with Gasteiger partial charge in [-0.3, -0.25) is 0 Å². The van der Waals surface area contributed by atoms with Crippen LogP contribution in [-0.4, -0.2) is 19.5 Å². The van der Waals surface area contributed by atoms with E-state index < -0.39 is 0 Å². The number of fused-ring (bicyclic) bond motifs is 10. The van der Waals surface area contributed by atoms with E-state index in [9.17, 15) is 0 Å². The summed E-state index contributed by atoms with van der Waals surface area (Å²) >= 11 is 0. The lowest BCUT2D eigenvalue weighted by Crippen LogP contribution is -2.02. The molecule has 13 aromatic rings. The Morgan fingerprint density at radius 3 is 1.30 bits per heavy atom. The van der Waals surface area contributed by atoms with E-state index in [4.69, 9.17) is 19.4 Å². The lowest BCUT2D eigenvalue weighted by molar-refractivity contribution is 0.668. The van der Waals surface area contributed by atoms with Crippen LogP contribution >= 0.6 is 0 Å². The van der Waals surface area contributed by atoms with Crippen molar-refractivity contribution < 1.29 is 4.42 Å². The number of hydrogen-bond donors (Lipinski definition) is 0.